The first-order valence-electron chi connectivity index (χ1n) is 4.48. The van der Waals surface area contributed by atoms with Crippen LogP contribution in [0.2, 0.25) is 0 Å². The fourth-order valence-corrected chi connectivity index (χ4v) is 1.87. The number of hydrogen-bond donors (Lipinski definition) is 1. The number of rotatable bonds is 1. The number of hydrogen-bond acceptors (Lipinski definition) is 2. The quantitative estimate of drug-likeness (QED) is 0.749. The van der Waals surface area contributed by atoms with Gasteiger partial charge in [0.15, 0.2) is 0 Å². The van der Waals surface area contributed by atoms with E-state index in [1.807, 2.05) is 0 Å². The Morgan fingerprint density at radius 2 is 2.08 bits per heavy atom. The van der Waals surface area contributed by atoms with Gasteiger partial charge in [0, 0.05) is 6.20 Å². The van der Waals surface area contributed by atoms with E-state index in [0.29, 0.717) is 0 Å². The average molecular weight is 200 g/mol. The van der Waals surface area contributed by atoms with Crippen LogP contribution in [0.1, 0.15) is 29.7 Å². The summed E-state index contributed by atoms with van der Waals surface area (Å²) in [6.07, 6.45) is 6.58. The molecule has 0 fully saturated rings. The molecule has 1 N–H and O–H groups in total. The molecule has 3 heteroatoms. The second kappa shape index (κ2) is 4.58. The smallest absolute Gasteiger partial charge is 0.0855 e. The van der Waals surface area contributed by atoms with Gasteiger partial charge in [0.05, 0.1) is 12.3 Å². The Hall–Kier alpha value is -0.600. The highest BCUT2D eigenvalue weighted by atomic mass is 35.5. The predicted octanol–water partition coefficient (Wildman–Crippen LogP) is 1.87. The maximum absolute atomic E-state index is 9.03. The molecule has 2 nitrogen and oxygen atoms in total. The molecule has 0 bridgehead atoms. The van der Waals surface area contributed by atoms with Crippen molar-refractivity contribution in [2.24, 2.45) is 0 Å². The van der Waals surface area contributed by atoms with E-state index >= 15 is 0 Å². The number of halogens is 1. The van der Waals surface area contributed by atoms with E-state index in [1.165, 1.54) is 24.0 Å². The van der Waals surface area contributed by atoms with Gasteiger partial charge in [0.1, 0.15) is 0 Å². The molecule has 1 aliphatic rings. The minimum atomic E-state index is 0. The molecule has 0 radical (unpaired) electrons. The van der Waals surface area contributed by atoms with E-state index in [9.17, 15) is 0 Å². The van der Waals surface area contributed by atoms with Crippen LogP contribution in [0.25, 0.3) is 0 Å². The molecule has 0 amide bonds. The molecule has 0 saturated carbocycles. The van der Waals surface area contributed by atoms with Gasteiger partial charge in [-0.25, -0.2) is 0 Å². The fraction of sp³-hybridized carbons (Fsp3) is 0.500. The van der Waals surface area contributed by atoms with Crippen molar-refractivity contribution in [2.45, 2.75) is 32.3 Å². The molecule has 0 aliphatic heterocycles. The highest BCUT2D eigenvalue weighted by Crippen LogP contribution is 2.22. The number of nitrogens with zero attached hydrogens (tertiary/aromatic N) is 1. The lowest BCUT2D eigenvalue weighted by atomic mass is 9.91. The standard InChI is InChI=1S/C10H13NO.ClH/c12-7-10-9-4-2-1-3-8(9)5-6-11-10;/h5-6,12H,1-4,7H2;1H. The number of aliphatic hydroxyl groups excluding tert-OH is 1. The zero-order chi connectivity index (χ0) is 8.39. The van der Waals surface area contributed by atoms with Gasteiger partial charge in [-0.2, -0.15) is 0 Å². The third-order valence-electron chi connectivity index (χ3n) is 2.51. The summed E-state index contributed by atoms with van der Waals surface area (Å²) in [7, 11) is 0. The van der Waals surface area contributed by atoms with Crippen molar-refractivity contribution in [3.63, 3.8) is 0 Å². The molecule has 0 spiro atoms. The summed E-state index contributed by atoms with van der Waals surface area (Å²) < 4.78 is 0. The normalized spacial score (nSPS) is 14.5. The van der Waals surface area contributed by atoms with Crippen molar-refractivity contribution >= 4 is 12.4 Å². The van der Waals surface area contributed by atoms with Crippen molar-refractivity contribution in [3.8, 4) is 0 Å². The number of aliphatic hydroxyl groups is 1. The van der Waals surface area contributed by atoms with Crippen LogP contribution in [0.15, 0.2) is 12.3 Å². The monoisotopic (exact) mass is 199 g/mol. The molecular formula is C10H14ClNO. The second-order valence-corrected chi connectivity index (χ2v) is 3.26. The molecule has 1 aliphatic carbocycles. The van der Waals surface area contributed by atoms with Gasteiger partial charge in [-0.15, -0.1) is 12.4 Å². The van der Waals surface area contributed by atoms with Crippen LogP contribution < -0.4 is 0 Å². The molecular weight excluding hydrogens is 186 g/mol. The Labute approximate surface area is 84.4 Å². The highest BCUT2D eigenvalue weighted by Gasteiger charge is 2.12. The van der Waals surface area contributed by atoms with E-state index < -0.39 is 0 Å². The molecule has 2 rings (SSSR count). The SMILES string of the molecule is Cl.OCc1nccc2c1CCCC2. The van der Waals surface area contributed by atoms with Crippen LogP contribution in [-0.4, -0.2) is 10.1 Å². The molecule has 0 unspecified atom stereocenters. The van der Waals surface area contributed by atoms with Crippen LogP contribution in [0.5, 0.6) is 0 Å². The van der Waals surface area contributed by atoms with Gasteiger partial charge >= 0.3 is 0 Å². The van der Waals surface area contributed by atoms with Crippen LogP contribution >= 0.6 is 12.4 Å². The minimum absolute atomic E-state index is 0. The lowest BCUT2D eigenvalue weighted by molar-refractivity contribution is 0.275. The first-order chi connectivity index (χ1) is 5.92. The van der Waals surface area contributed by atoms with Crippen molar-refractivity contribution in [3.05, 3.63) is 29.1 Å². The number of aryl methyl sites for hydroxylation is 1. The average Bonchev–Trinajstić information content (AvgIpc) is 2.17. The van der Waals surface area contributed by atoms with Gasteiger partial charge in [-0.1, -0.05) is 0 Å². The van der Waals surface area contributed by atoms with Gasteiger partial charge < -0.3 is 5.11 Å². The van der Waals surface area contributed by atoms with E-state index in [4.69, 9.17) is 5.11 Å². The molecule has 0 aromatic carbocycles. The molecule has 1 aromatic heterocycles. The van der Waals surface area contributed by atoms with Gasteiger partial charge in [-0.3, -0.25) is 4.98 Å². The van der Waals surface area contributed by atoms with Crippen molar-refractivity contribution in [1.29, 1.82) is 0 Å². The summed E-state index contributed by atoms with van der Waals surface area (Å²) in [5.74, 6) is 0. The van der Waals surface area contributed by atoms with Crippen molar-refractivity contribution < 1.29 is 5.11 Å². The number of fused-ring (bicyclic) bond motifs is 1. The molecule has 0 saturated heterocycles. The van der Waals surface area contributed by atoms with E-state index in [2.05, 4.69) is 11.1 Å². The molecule has 1 heterocycles. The Morgan fingerprint density at radius 1 is 1.31 bits per heavy atom. The Morgan fingerprint density at radius 3 is 2.85 bits per heavy atom. The summed E-state index contributed by atoms with van der Waals surface area (Å²) >= 11 is 0. The number of aromatic nitrogens is 1. The van der Waals surface area contributed by atoms with Crippen LogP contribution in [0.4, 0.5) is 0 Å². The lowest BCUT2D eigenvalue weighted by Crippen LogP contribution is -2.07. The summed E-state index contributed by atoms with van der Waals surface area (Å²) in [5.41, 5.74) is 3.57. The predicted molar refractivity (Wildman–Crippen MR) is 54.0 cm³/mol. The van der Waals surface area contributed by atoms with Gasteiger partial charge in [-0.05, 0) is 42.9 Å². The third kappa shape index (κ3) is 2.01. The molecule has 13 heavy (non-hydrogen) atoms. The summed E-state index contributed by atoms with van der Waals surface area (Å²) in [6, 6.07) is 2.08. The van der Waals surface area contributed by atoms with Crippen LogP contribution in [0.3, 0.4) is 0 Å². The lowest BCUT2D eigenvalue weighted by Gasteiger charge is -2.17. The Kier molecular flexibility index (Phi) is 3.70. The third-order valence-corrected chi connectivity index (χ3v) is 2.51. The first-order valence-corrected chi connectivity index (χ1v) is 4.48. The van der Waals surface area contributed by atoms with Gasteiger partial charge in [0.2, 0.25) is 0 Å². The van der Waals surface area contributed by atoms with Crippen LogP contribution in [0, 0.1) is 0 Å². The molecule has 1 aromatic rings. The molecule has 0 atom stereocenters. The van der Waals surface area contributed by atoms with E-state index in [0.717, 1.165) is 18.5 Å². The topological polar surface area (TPSA) is 33.1 Å². The second-order valence-electron chi connectivity index (χ2n) is 3.26. The molecule has 72 valence electrons. The fourth-order valence-electron chi connectivity index (χ4n) is 1.87. The zero-order valence-corrected chi connectivity index (χ0v) is 8.31. The van der Waals surface area contributed by atoms with Crippen LogP contribution in [-0.2, 0) is 19.4 Å². The van der Waals surface area contributed by atoms with E-state index in [-0.39, 0.29) is 19.0 Å². The van der Waals surface area contributed by atoms with Crippen molar-refractivity contribution in [1.82, 2.24) is 4.98 Å². The number of pyridine rings is 1. The highest BCUT2D eigenvalue weighted by molar-refractivity contribution is 5.85. The first kappa shape index (κ1) is 10.5. The maximum Gasteiger partial charge on any atom is 0.0855 e. The van der Waals surface area contributed by atoms with E-state index in [1.54, 1.807) is 6.20 Å². The zero-order valence-electron chi connectivity index (χ0n) is 7.49. The maximum atomic E-state index is 9.03. The van der Waals surface area contributed by atoms with Gasteiger partial charge in [0.25, 0.3) is 0 Å². The van der Waals surface area contributed by atoms with Crippen molar-refractivity contribution in [2.75, 3.05) is 0 Å². The summed E-state index contributed by atoms with van der Waals surface area (Å²) in [4.78, 5) is 4.16. The Balaban J connectivity index is 0.000000845. The summed E-state index contributed by atoms with van der Waals surface area (Å²) in [6.45, 7) is 0.0865. The summed E-state index contributed by atoms with van der Waals surface area (Å²) in [5, 5.41) is 9.03. The largest absolute Gasteiger partial charge is 0.390 e. The Bertz CT molecular complexity index is 274. The minimum Gasteiger partial charge on any atom is -0.390 e.